The summed E-state index contributed by atoms with van der Waals surface area (Å²) in [6.45, 7) is 9.49. The number of ether oxygens (including phenoxy) is 1. The third-order valence-electron chi connectivity index (χ3n) is 2.61. The van der Waals surface area contributed by atoms with Crippen molar-refractivity contribution in [3.63, 3.8) is 0 Å². The van der Waals surface area contributed by atoms with Crippen LogP contribution in [0.1, 0.15) is 40.0 Å². The molecule has 0 saturated carbocycles. The van der Waals surface area contributed by atoms with Crippen molar-refractivity contribution in [2.45, 2.75) is 46.1 Å². The van der Waals surface area contributed by atoms with Crippen LogP contribution in [0.3, 0.4) is 0 Å². The summed E-state index contributed by atoms with van der Waals surface area (Å²) in [5, 5.41) is 9.20. The second-order valence-electron chi connectivity index (χ2n) is 5.17. The molecule has 96 valence electrons. The molecule has 0 rings (SSSR count). The number of nitrogens with zero attached hydrogens (tertiary/aromatic N) is 1. The van der Waals surface area contributed by atoms with Crippen LogP contribution in [0.5, 0.6) is 0 Å². The Balaban J connectivity index is 4.69. The predicted octanol–water partition coefficient (Wildman–Crippen LogP) is 2.99. The third kappa shape index (κ3) is 5.96. The van der Waals surface area contributed by atoms with E-state index in [1.165, 1.54) is 0 Å². The lowest BCUT2D eigenvalue weighted by Gasteiger charge is -2.31. The normalized spacial score (nSPS) is 14.5. The van der Waals surface area contributed by atoms with Crippen LogP contribution >= 0.6 is 0 Å². The van der Waals surface area contributed by atoms with Gasteiger partial charge in [-0.1, -0.05) is 26.8 Å². The van der Waals surface area contributed by atoms with Crippen LogP contribution in [0.15, 0.2) is 12.7 Å². The fraction of sp³-hybridized carbons (Fsp3) is 0.692. The van der Waals surface area contributed by atoms with E-state index in [0.29, 0.717) is 6.42 Å². The Morgan fingerprint density at radius 3 is 2.53 bits per heavy atom. The highest BCUT2D eigenvalue weighted by Crippen LogP contribution is 2.31. The summed E-state index contributed by atoms with van der Waals surface area (Å²) in [4.78, 5) is 10.9. The number of primary amides is 1. The smallest absolute Gasteiger partial charge is 0.404 e. The highest BCUT2D eigenvalue weighted by atomic mass is 16.6. The predicted molar refractivity (Wildman–Crippen MR) is 67.1 cm³/mol. The molecule has 0 aliphatic rings. The Morgan fingerprint density at radius 1 is 1.59 bits per heavy atom. The summed E-state index contributed by atoms with van der Waals surface area (Å²) in [6, 6.07) is 2.22. The summed E-state index contributed by atoms with van der Waals surface area (Å²) in [5.41, 5.74) is 4.80. The van der Waals surface area contributed by atoms with E-state index in [1.807, 2.05) is 20.8 Å². The molecule has 17 heavy (non-hydrogen) atoms. The van der Waals surface area contributed by atoms with E-state index >= 15 is 0 Å². The topological polar surface area (TPSA) is 76.1 Å². The van der Waals surface area contributed by atoms with Gasteiger partial charge >= 0.3 is 6.09 Å². The van der Waals surface area contributed by atoms with Gasteiger partial charge in [-0.15, -0.1) is 6.58 Å². The number of hydrogen-bond donors (Lipinski definition) is 1. The molecule has 2 unspecified atom stereocenters. The van der Waals surface area contributed by atoms with Crippen LogP contribution < -0.4 is 5.73 Å². The fourth-order valence-electron chi connectivity index (χ4n) is 1.74. The highest BCUT2D eigenvalue weighted by Gasteiger charge is 2.34. The largest absolute Gasteiger partial charge is 0.445 e. The minimum absolute atomic E-state index is 0.247. The van der Waals surface area contributed by atoms with Crippen LogP contribution in [0.2, 0.25) is 0 Å². The number of nitriles is 1. The molecule has 0 aliphatic heterocycles. The maximum absolute atomic E-state index is 10.9. The number of hydrogen-bond acceptors (Lipinski definition) is 3. The summed E-state index contributed by atoms with van der Waals surface area (Å²) in [6.07, 6.45) is 2.83. The van der Waals surface area contributed by atoms with Gasteiger partial charge in [-0.2, -0.15) is 5.26 Å². The second kappa shape index (κ2) is 6.95. The Morgan fingerprint density at radius 2 is 2.18 bits per heavy atom. The van der Waals surface area contributed by atoms with E-state index in [4.69, 9.17) is 10.5 Å². The van der Waals surface area contributed by atoms with E-state index < -0.39 is 12.2 Å². The number of carbonyl (C=O) groups is 1. The lowest BCUT2D eigenvalue weighted by molar-refractivity contribution is 0.0427. The summed E-state index contributed by atoms with van der Waals surface area (Å²) >= 11 is 0. The molecule has 0 aromatic heterocycles. The highest BCUT2D eigenvalue weighted by molar-refractivity contribution is 5.64. The number of nitrogens with two attached hydrogens (primary N) is 1. The van der Waals surface area contributed by atoms with E-state index in [0.717, 1.165) is 12.8 Å². The van der Waals surface area contributed by atoms with Gasteiger partial charge in [0.25, 0.3) is 0 Å². The van der Waals surface area contributed by atoms with Gasteiger partial charge in [-0.05, 0) is 24.7 Å². The fourth-order valence-corrected chi connectivity index (χ4v) is 1.74. The van der Waals surface area contributed by atoms with Gasteiger partial charge in [-0.3, -0.25) is 0 Å². The minimum atomic E-state index is -0.821. The first-order valence-corrected chi connectivity index (χ1v) is 5.79. The monoisotopic (exact) mass is 238 g/mol. The molecule has 0 aromatic rings. The van der Waals surface area contributed by atoms with E-state index in [2.05, 4.69) is 12.6 Å². The number of allylic oxidation sites excluding steroid dienone is 1. The van der Waals surface area contributed by atoms with Crippen molar-refractivity contribution in [1.29, 1.82) is 5.26 Å². The molecule has 0 spiro atoms. The van der Waals surface area contributed by atoms with Gasteiger partial charge in [-0.25, -0.2) is 4.79 Å². The maximum atomic E-state index is 10.9. The van der Waals surface area contributed by atoms with Gasteiger partial charge in [0, 0.05) is 0 Å². The number of carbonyl (C=O) groups excluding carboxylic acids is 1. The summed E-state index contributed by atoms with van der Waals surface area (Å²) < 4.78 is 5.06. The minimum Gasteiger partial charge on any atom is -0.445 e. The average molecular weight is 238 g/mol. The van der Waals surface area contributed by atoms with Gasteiger partial charge in [0.05, 0.1) is 12.0 Å². The van der Waals surface area contributed by atoms with Crippen molar-refractivity contribution in [3.05, 3.63) is 12.7 Å². The lowest BCUT2D eigenvalue weighted by atomic mass is 9.77. The Labute approximate surface area is 103 Å². The standard InChI is InChI=1S/C13H22N2O2/c1-5-6-7-8-11(17-12(15)16)10(9-14)13(2,3)4/h5,10-11H,1,6-8H2,2-4H3,(H2,15,16). The quantitative estimate of drug-likeness (QED) is 0.571. The zero-order valence-corrected chi connectivity index (χ0v) is 10.9. The molecule has 0 aliphatic carbocycles. The molecule has 1 amide bonds. The Kier molecular flexibility index (Phi) is 6.34. The number of unbranched alkanes of at least 4 members (excludes halogenated alkanes) is 1. The lowest BCUT2D eigenvalue weighted by Crippen LogP contribution is -2.36. The van der Waals surface area contributed by atoms with Crippen molar-refractivity contribution in [3.8, 4) is 6.07 Å². The van der Waals surface area contributed by atoms with Crippen LogP contribution in [0.25, 0.3) is 0 Å². The summed E-state index contributed by atoms with van der Waals surface area (Å²) in [7, 11) is 0. The van der Waals surface area contributed by atoms with Gasteiger partial charge in [0.15, 0.2) is 0 Å². The Bertz CT molecular complexity index is 300. The van der Waals surface area contributed by atoms with Gasteiger partial charge in [0.1, 0.15) is 6.10 Å². The average Bonchev–Trinajstić information content (AvgIpc) is 2.15. The molecule has 0 radical (unpaired) electrons. The first-order valence-electron chi connectivity index (χ1n) is 5.79. The maximum Gasteiger partial charge on any atom is 0.404 e. The Hall–Kier alpha value is -1.50. The third-order valence-corrected chi connectivity index (χ3v) is 2.61. The van der Waals surface area contributed by atoms with Crippen molar-refractivity contribution in [2.24, 2.45) is 17.1 Å². The molecule has 2 N–H and O–H groups in total. The first kappa shape index (κ1) is 15.5. The molecule has 0 bridgehead atoms. The molecule has 0 fully saturated rings. The molecule has 2 atom stereocenters. The van der Waals surface area contributed by atoms with Gasteiger partial charge < -0.3 is 10.5 Å². The molecule has 4 nitrogen and oxygen atoms in total. The van der Waals surface area contributed by atoms with Crippen LogP contribution in [-0.2, 0) is 4.74 Å². The van der Waals surface area contributed by atoms with E-state index in [-0.39, 0.29) is 11.3 Å². The van der Waals surface area contributed by atoms with Gasteiger partial charge in [0.2, 0.25) is 0 Å². The van der Waals surface area contributed by atoms with Crippen molar-refractivity contribution in [2.75, 3.05) is 0 Å². The molecular weight excluding hydrogens is 216 g/mol. The molecule has 0 aromatic carbocycles. The number of rotatable bonds is 6. The summed E-state index contributed by atoms with van der Waals surface area (Å²) in [5.74, 6) is -0.361. The van der Waals surface area contributed by atoms with E-state index in [9.17, 15) is 10.1 Å². The van der Waals surface area contributed by atoms with Crippen molar-refractivity contribution < 1.29 is 9.53 Å². The van der Waals surface area contributed by atoms with Crippen LogP contribution in [0, 0.1) is 22.7 Å². The van der Waals surface area contributed by atoms with Crippen LogP contribution in [0.4, 0.5) is 4.79 Å². The van der Waals surface area contributed by atoms with Crippen molar-refractivity contribution >= 4 is 6.09 Å². The van der Waals surface area contributed by atoms with Crippen molar-refractivity contribution in [1.82, 2.24) is 0 Å². The van der Waals surface area contributed by atoms with Crippen LogP contribution in [-0.4, -0.2) is 12.2 Å². The number of amides is 1. The molecule has 0 heterocycles. The van der Waals surface area contributed by atoms with E-state index in [1.54, 1.807) is 6.08 Å². The second-order valence-corrected chi connectivity index (χ2v) is 5.17. The zero-order valence-electron chi connectivity index (χ0n) is 10.9. The zero-order chi connectivity index (χ0) is 13.5. The molecular formula is C13H22N2O2. The molecule has 4 heteroatoms. The SMILES string of the molecule is C=CCCCC(OC(N)=O)C(C#N)C(C)(C)C. The molecule has 0 saturated heterocycles. The first-order chi connectivity index (χ1) is 7.82.